The number of aromatic nitrogens is 3. The molecule has 2 aromatic carbocycles. The highest BCUT2D eigenvalue weighted by molar-refractivity contribution is 5.64. The number of anilines is 3. The lowest BCUT2D eigenvalue weighted by Crippen LogP contribution is -2.07. The molecule has 1 heterocycles. The molecule has 0 aliphatic heterocycles. The first-order valence-corrected chi connectivity index (χ1v) is 8.88. The van der Waals surface area contributed by atoms with Gasteiger partial charge in [-0.2, -0.15) is 10.1 Å². The average molecular weight is 347 g/mol. The molecular weight excluding hydrogens is 322 g/mol. The number of rotatable bonds is 6. The summed E-state index contributed by atoms with van der Waals surface area (Å²) >= 11 is 0. The van der Waals surface area contributed by atoms with E-state index in [1.165, 1.54) is 16.7 Å². The van der Waals surface area contributed by atoms with E-state index in [0.29, 0.717) is 24.2 Å². The first-order chi connectivity index (χ1) is 12.5. The summed E-state index contributed by atoms with van der Waals surface area (Å²) in [4.78, 5) is 4.55. The van der Waals surface area contributed by atoms with Crippen LogP contribution in [-0.4, -0.2) is 15.2 Å². The van der Waals surface area contributed by atoms with E-state index in [9.17, 15) is 0 Å². The normalized spacial score (nSPS) is 10.8. The van der Waals surface area contributed by atoms with E-state index in [2.05, 4.69) is 96.0 Å². The van der Waals surface area contributed by atoms with Gasteiger partial charge in [0.2, 0.25) is 5.95 Å². The van der Waals surface area contributed by atoms with E-state index in [-0.39, 0.29) is 0 Å². The predicted octanol–water partition coefficient (Wildman–Crippen LogP) is 4.97. The van der Waals surface area contributed by atoms with Gasteiger partial charge < -0.3 is 10.6 Å². The molecule has 0 aliphatic rings. The minimum absolute atomic E-state index is 0.410. The molecule has 1 aromatic heterocycles. The lowest BCUT2D eigenvalue weighted by atomic mass is 9.98. The summed E-state index contributed by atoms with van der Waals surface area (Å²) in [7, 11) is 0. The van der Waals surface area contributed by atoms with E-state index < -0.39 is 0 Å². The highest BCUT2D eigenvalue weighted by Gasteiger charge is 2.11. The highest BCUT2D eigenvalue weighted by atomic mass is 15.3. The largest absolute Gasteiger partial charge is 0.365 e. The molecule has 26 heavy (non-hydrogen) atoms. The van der Waals surface area contributed by atoms with Crippen LogP contribution in [0.1, 0.15) is 42.0 Å². The molecule has 0 saturated carbocycles. The highest BCUT2D eigenvalue weighted by Crippen LogP contribution is 2.29. The number of hydrogen-bond acceptors (Lipinski definition) is 5. The molecule has 5 nitrogen and oxygen atoms in total. The van der Waals surface area contributed by atoms with Crippen LogP contribution in [-0.2, 0) is 6.54 Å². The van der Waals surface area contributed by atoms with Crippen LogP contribution in [0.3, 0.4) is 0 Å². The number of aryl methyl sites for hydroxylation is 2. The van der Waals surface area contributed by atoms with E-state index in [0.717, 1.165) is 11.3 Å². The van der Waals surface area contributed by atoms with Crippen LogP contribution in [0.5, 0.6) is 0 Å². The summed E-state index contributed by atoms with van der Waals surface area (Å²) in [6.45, 7) is 9.23. The Morgan fingerprint density at radius 1 is 1.04 bits per heavy atom. The molecule has 3 aromatic rings. The fraction of sp³-hybridized carbons (Fsp3) is 0.286. The zero-order valence-corrected chi connectivity index (χ0v) is 15.7. The van der Waals surface area contributed by atoms with Crippen molar-refractivity contribution >= 4 is 17.5 Å². The summed E-state index contributed by atoms with van der Waals surface area (Å²) in [5.41, 5.74) is 5.91. The summed E-state index contributed by atoms with van der Waals surface area (Å²) in [5, 5.41) is 14.9. The van der Waals surface area contributed by atoms with Gasteiger partial charge in [0.05, 0.1) is 6.20 Å². The van der Waals surface area contributed by atoms with Crippen molar-refractivity contribution in [2.24, 2.45) is 0 Å². The Kier molecular flexibility index (Phi) is 5.46. The van der Waals surface area contributed by atoms with Crippen molar-refractivity contribution < 1.29 is 0 Å². The average Bonchev–Trinajstić information content (AvgIpc) is 2.62. The summed E-state index contributed by atoms with van der Waals surface area (Å²) in [6.07, 6.45) is 1.64. The van der Waals surface area contributed by atoms with Crippen LogP contribution in [0.25, 0.3) is 0 Å². The van der Waals surface area contributed by atoms with Crippen molar-refractivity contribution in [1.82, 2.24) is 15.2 Å². The fourth-order valence-corrected chi connectivity index (χ4v) is 2.91. The van der Waals surface area contributed by atoms with Crippen LogP contribution in [0, 0.1) is 13.8 Å². The topological polar surface area (TPSA) is 62.7 Å². The second-order valence-electron chi connectivity index (χ2n) is 6.83. The Hall–Kier alpha value is -2.95. The van der Waals surface area contributed by atoms with Crippen molar-refractivity contribution in [3.05, 3.63) is 70.9 Å². The molecule has 0 unspecified atom stereocenters. The molecule has 0 amide bonds. The molecule has 3 rings (SSSR count). The van der Waals surface area contributed by atoms with Crippen LogP contribution in [0.4, 0.5) is 17.5 Å². The molecule has 0 radical (unpaired) electrons. The van der Waals surface area contributed by atoms with E-state index in [1.807, 2.05) is 0 Å². The van der Waals surface area contributed by atoms with Crippen molar-refractivity contribution in [2.45, 2.75) is 40.2 Å². The maximum absolute atomic E-state index is 4.55. The Morgan fingerprint density at radius 2 is 1.85 bits per heavy atom. The number of nitrogens with zero attached hydrogens (tertiary/aromatic N) is 3. The molecule has 0 atom stereocenters. The number of nitrogens with one attached hydrogen (secondary N) is 2. The molecule has 2 N–H and O–H groups in total. The molecule has 134 valence electrons. The molecular formula is C21H25N5. The third-order valence-corrected chi connectivity index (χ3v) is 4.28. The molecule has 0 saturated heterocycles. The van der Waals surface area contributed by atoms with E-state index >= 15 is 0 Å². The fourth-order valence-electron chi connectivity index (χ4n) is 2.91. The van der Waals surface area contributed by atoms with Crippen molar-refractivity contribution in [3.63, 3.8) is 0 Å². The summed E-state index contributed by atoms with van der Waals surface area (Å²) < 4.78 is 0. The Bertz CT molecular complexity index is 889. The first kappa shape index (κ1) is 17.9. The van der Waals surface area contributed by atoms with Gasteiger partial charge in [-0.05, 0) is 36.5 Å². The van der Waals surface area contributed by atoms with Crippen molar-refractivity contribution in [3.8, 4) is 0 Å². The lowest BCUT2D eigenvalue weighted by molar-refractivity contribution is 0.865. The molecule has 0 aliphatic carbocycles. The first-order valence-electron chi connectivity index (χ1n) is 8.88. The molecule has 0 spiro atoms. The van der Waals surface area contributed by atoms with Gasteiger partial charge in [0.15, 0.2) is 5.82 Å². The zero-order valence-electron chi connectivity index (χ0n) is 15.7. The predicted molar refractivity (Wildman–Crippen MR) is 107 cm³/mol. The standard InChI is InChI=1S/C21H25N5/c1-14(2)18-10-6-8-16(4)20(18)25-21-24-19(13-23-26-21)22-12-17-9-5-7-15(3)11-17/h5-11,13-14H,12H2,1-4H3,(H2,22,24,25,26). The monoisotopic (exact) mass is 347 g/mol. The molecule has 5 heteroatoms. The number of hydrogen-bond donors (Lipinski definition) is 2. The van der Waals surface area contributed by atoms with Gasteiger partial charge in [0, 0.05) is 12.2 Å². The Morgan fingerprint density at radius 3 is 2.62 bits per heavy atom. The number of benzene rings is 2. The minimum atomic E-state index is 0.410. The number of para-hydroxylation sites is 1. The van der Waals surface area contributed by atoms with Crippen LogP contribution in [0.15, 0.2) is 48.7 Å². The maximum atomic E-state index is 4.55. The SMILES string of the molecule is Cc1cccc(CNc2cnnc(Nc3c(C)cccc3C(C)C)n2)c1. The van der Waals surface area contributed by atoms with Crippen LogP contribution < -0.4 is 10.6 Å². The zero-order chi connectivity index (χ0) is 18.5. The second kappa shape index (κ2) is 7.95. The maximum Gasteiger partial charge on any atom is 0.249 e. The summed E-state index contributed by atoms with van der Waals surface area (Å²) in [5.74, 6) is 1.60. The van der Waals surface area contributed by atoms with E-state index in [4.69, 9.17) is 0 Å². The molecule has 0 fully saturated rings. The quantitative estimate of drug-likeness (QED) is 0.659. The minimum Gasteiger partial charge on any atom is -0.365 e. The van der Waals surface area contributed by atoms with Gasteiger partial charge in [0.25, 0.3) is 0 Å². The van der Waals surface area contributed by atoms with Gasteiger partial charge in [0.1, 0.15) is 0 Å². The summed E-state index contributed by atoms with van der Waals surface area (Å²) in [6, 6.07) is 14.7. The van der Waals surface area contributed by atoms with Crippen LogP contribution in [0.2, 0.25) is 0 Å². The van der Waals surface area contributed by atoms with Gasteiger partial charge in [-0.1, -0.05) is 61.9 Å². The van der Waals surface area contributed by atoms with Gasteiger partial charge in [-0.15, -0.1) is 5.10 Å². The van der Waals surface area contributed by atoms with Crippen molar-refractivity contribution in [2.75, 3.05) is 10.6 Å². The van der Waals surface area contributed by atoms with Crippen LogP contribution >= 0.6 is 0 Å². The lowest BCUT2D eigenvalue weighted by Gasteiger charge is -2.16. The smallest absolute Gasteiger partial charge is 0.249 e. The second-order valence-corrected chi connectivity index (χ2v) is 6.83. The molecule has 0 bridgehead atoms. The van der Waals surface area contributed by atoms with Gasteiger partial charge in [-0.3, -0.25) is 0 Å². The third kappa shape index (κ3) is 4.36. The van der Waals surface area contributed by atoms with E-state index in [1.54, 1.807) is 6.20 Å². The van der Waals surface area contributed by atoms with Gasteiger partial charge >= 0.3 is 0 Å². The Labute approximate surface area is 154 Å². The van der Waals surface area contributed by atoms with Gasteiger partial charge in [-0.25, -0.2) is 0 Å². The Balaban J connectivity index is 1.76. The van der Waals surface area contributed by atoms with Crippen molar-refractivity contribution in [1.29, 1.82) is 0 Å². The third-order valence-electron chi connectivity index (χ3n) is 4.28.